The number of hydrogen-bond donors (Lipinski definition) is 1. The van der Waals surface area contributed by atoms with Gasteiger partial charge in [-0.15, -0.1) is 0 Å². The van der Waals surface area contributed by atoms with Crippen molar-refractivity contribution in [3.05, 3.63) is 46.6 Å². The maximum Gasteiger partial charge on any atom is 0.338 e. The van der Waals surface area contributed by atoms with Gasteiger partial charge in [0.2, 0.25) is 5.91 Å². The highest BCUT2D eigenvalue weighted by molar-refractivity contribution is 7.10. The zero-order valence-electron chi connectivity index (χ0n) is 17.0. The maximum atomic E-state index is 12.6. The molecule has 0 aliphatic carbocycles. The van der Waals surface area contributed by atoms with Crippen molar-refractivity contribution in [2.24, 2.45) is 5.41 Å². The number of carbonyl (C=O) groups excluding carboxylic acids is 2. The fourth-order valence-corrected chi connectivity index (χ4v) is 5.68. The topological polar surface area (TPSA) is 83.0 Å². The van der Waals surface area contributed by atoms with Gasteiger partial charge >= 0.3 is 5.97 Å². The molecule has 2 fully saturated rings. The molecule has 2 aromatic rings. The van der Waals surface area contributed by atoms with Crippen molar-refractivity contribution in [2.75, 3.05) is 31.1 Å². The minimum Gasteiger partial charge on any atom is -0.457 e. The van der Waals surface area contributed by atoms with Gasteiger partial charge in [-0.05, 0) is 73.1 Å². The summed E-state index contributed by atoms with van der Waals surface area (Å²) in [6.45, 7) is 5.29. The molecule has 7 nitrogen and oxygen atoms in total. The molecule has 3 aliphatic rings. The minimum atomic E-state index is -0.612. The second-order valence-corrected chi connectivity index (χ2v) is 9.52. The molecular weight excluding hydrogens is 402 g/mol. The second kappa shape index (κ2) is 7.44. The highest BCUT2D eigenvalue weighted by Gasteiger charge is 2.45. The number of piperidine rings is 1. The average Bonchev–Trinajstić information content (AvgIpc) is 3.45. The molecule has 1 spiro atoms. The van der Waals surface area contributed by atoms with Crippen LogP contribution in [-0.4, -0.2) is 52.4 Å². The van der Waals surface area contributed by atoms with Gasteiger partial charge in [0.15, 0.2) is 0 Å². The number of aliphatic hydroxyl groups excluding tert-OH is 1. The van der Waals surface area contributed by atoms with Crippen LogP contribution in [0.4, 0.5) is 5.00 Å². The Labute approximate surface area is 179 Å². The summed E-state index contributed by atoms with van der Waals surface area (Å²) in [6.07, 6.45) is 3.63. The average molecular weight is 428 g/mol. The molecule has 5 rings (SSSR count). The molecule has 0 saturated carbocycles. The molecule has 3 aliphatic heterocycles. The molecule has 4 heterocycles. The number of aromatic nitrogens is 1. The molecule has 1 aromatic heterocycles. The summed E-state index contributed by atoms with van der Waals surface area (Å²) < 4.78 is 9.25. The Hall–Kier alpha value is -2.29. The molecule has 1 atom stereocenters. The number of carbonyl (C=O) groups is 2. The molecule has 8 heteroatoms. The number of benzene rings is 1. The molecule has 1 aromatic carbocycles. The summed E-state index contributed by atoms with van der Waals surface area (Å²) in [5, 5.41) is 11.8. The molecule has 1 N–H and O–H groups in total. The van der Waals surface area contributed by atoms with Gasteiger partial charge in [0.1, 0.15) is 11.6 Å². The molecule has 2 saturated heterocycles. The van der Waals surface area contributed by atoms with Gasteiger partial charge in [-0.25, -0.2) is 4.79 Å². The van der Waals surface area contributed by atoms with Crippen molar-refractivity contribution >= 4 is 28.4 Å². The van der Waals surface area contributed by atoms with E-state index < -0.39 is 6.10 Å². The zero-order valence-corrected chi connectivity index (χ0v) is 17.8. The van der Waals surface area contributed by atoms with Crippen LogP contribution in [0.1, 0.15) is 52.4 Å². The smallest absolute Gasteiger partial charge is 0.338 e. The molecular formula is C22H25N3O4S. The lowest BCUT2D eigenvalue weighted by Crippen LogP contribution is -2.43. The molecule has 1 amide bonds. The van der Waals surface area contributed by atoms with Crippen LogP contribution >= 0.6 is 11.5 Å². The van der Waals surface area contributed by atoms with Crippen LogP contribution in [0.5, 0.6) is 0 Å². The number of hydrogen-bond acceptors (Lipinski definition) is 7. The molecule has 1 unspecified atom stereocenters. The van der Waals surface area contributed by atoms with Crippen LogP contribution in [0, 0.1) is 12.3 Å². The van der Waals surface area contributed by atoms with E-state index in [9.17, 15) is 14.7 Å². The van der Waals surface area contributed by atoms with E-state index in [1.54, 1.807) is 12.3 Å². The number of cyclic esters (lactones) is 1. The van der Waals surface area contributed by atoms with E-state index in [0.29, 0.717) is 18.5 Å². The molecule has 0 radical (unpaired) electrons. The predicted molar refractivity (Wildman–Crippen MR) is 112 cm³/mol. The van der Waals surface area contributed by atoms with Gasteiger partial charge in [0.25, 0.3) is 0 Å². The molecule has 30 heavy (non-hydrogen) atoms. The van der Waals surface area contributed by atoms with Crippen molar-refractivity contribution in [3.8, 4) is 0 Å². The van der Waals surface area contributed by atoms with Crippen molar-refractivity contribution in [1.82, 2.24) is 9.27 Å². The SMILES string of the molecule is Cc1c(C(O)CN2CCC3(CC2)CC(=O)N(c2ccns2)C3)ccc2c1COC2=O. The van der Waals surface area contributed by atoms with E-state index in [2.05, 4.69) is 9.27 Å². The van der Waals surface area contributed by atoms with Gasteiger partial charge in [-0.3, -0.25) is 4.79 Å². The first-order chi connectivity index (χ1) is 14.5. The number of rotatable bonds is 4. The highest BCUT2D eigenvalue weighted by atomic mass is 32.1. The Morgan fingerprint density at radius 2 is 2.07 bits per heavy atom. The fraction of sp³-hybridized carbons (Fsp3) is 0.500. The standard InChI is InChI=1S/C22H25N3O4S/c1-14-15(2-3-16-17(14)12-29-21(16)28)18(26)11-24-8-5-22(6-9-24)10-19(27)25(13-22)20-4-7-23-30-20/h2-4,7,18,26H,5-6,8-13H2,1H3. The number of fused-ring (bicyclic) bond motifs is 1. The Morgan fingerprint density at radius 3 is 2.80 bits per heavy atom. The van der Waals surface area contributed by atoms with Crippen molar-refractivity contribution < 1.29 is 19.4 Å². The van der Waals surface area contributed by atoms with E-state index in [1.807, 2.05) is 24.0 Å². The van der Waals surface area contributed by atoms with E-state index in [4.69, 9.17) is 4.74 Å². The third kappa shape index (κ3) is 3.33. The van der Waals surface area contributed by atoms with Gasteiger partial charge in [-0.2, -0.15) is 4.37 Å². The van der Waals surface area contributed by atoms with E-state index in [1.165, 1.54) is 11.5 Å². The first-order valence-electron chi connectivity index (χ1n) is 10.4. The molecule has 0 bridgehead atoms. The lowest BCUT2D eigenvalue weighted by Gasteiger charge is -2.39. The van der Waals surface area contributed by atoms with Crippen LogP contribution in [0.25, 0.3) is 0 Å². The van der Waals surface area contributed by atoms with Crippen molar-refractivity contribution in [2.45, 2.75) is 38.9 Å². The third-order valence-electron chi connectivity index (χ3n) is 6.93. The number of likely N-dealkylation sites (tertiary alicyclic amines) is 1. The van der Waals surface area contributed by atoms with E-state index in [0.717, 1.165) is 54.2 Å². The van der Waals surface area contributed by atoms with Crippen LogP contribution in [0.15, 0.2) is 24.4 Å². The van der Waals surface area contributed by atoms with Gasteiger partial charge in [0.05, 0.1) is 11.7 Å². The summed E-state index contributed by atoms with van der Waals surface area (Å²) in [7, 11) is 0. The third-order valence-corrected chi connectivity index (χ3v) is 7.70. The minimum absolute atomic E-state index is 0.0315. The second-order valence-electron chi connectivity index (χ2n) is 8.71. The largest absolute Gasteiger partial charge is 0.457 e. The summed E-state index contributed by atoms with van der Waals surface area (Å²) in [6, 6.07) is 5.52. The summed E-state index contributed by atoms with van der Waals surface area (Å²) in [4.78, 5) is 28.5. The number of amides is 1. The zero-order chi connectivity index (χ0) is 20.9. The first kappa shape index (κ1) is 19.7. The number of β-amino-alcohol motifs (C(OH)–C–C–N with tert-alkyl or cyclic N) is 1. The molecule has 158 valence electrons. The quantitative estimate of drug-likeness (QED) is 0.756. The van der Waals surface area contributed by atoms with Crippen LogP contribution in [-0.2, 0) is 16.1 Å². The van der Waals surface area contributed by atoms with Crippen molar-refractivity contribution in [3.63, 3.8) is 0 Å². The van der Waals surface area contributed by atoms with Crippen LogP contribution in [0.3, 0.4) is 0 Å². The lowest BCUT2D eigenvalue weighted by atomic mass is 9.77. The number of esters is 1. The van der Waals surface area contributed by atoms with E-state index in [-0.39, 0.29) is 23.9 Å². The van der Waals surface area contributed by atoms with Crippen molar-refractivity contribution in [1.29, 1.82) is 0 Å². The fourth-order valence-electron chi connectivity index (χ4n) is 5.06. The predicted octanol–water partition coefficient (Wildman–Crippen LogP) is 2.67. The highest BCUT2D eigenvalue weighted by Crippen LogP contribution is 2.43. The first-order valence-corrected chi connectivity index (χ1v) is 11.1. The number of ether oxygens (including phenoxy) is 1. The van der Waals surface area contributed by atoms with Crippen LogP contribution < -0.4 is 4.90 Å². The summed E-state index contributed by atoms with van der Waals surface area (Å²) >= 11 is 1.37. The number of aliphatic hydroxyl groups is 1. The lowest BCUT2D eigenvalue weighted by molar-refractivity contribution is -0.118. The maximum absolute atomic E-state index is 12.6. The number of nitrogens with zero attached hydrogens (tertiary/aromatic N) is 3. The Morgan fingerprint density at radius 1 is 1.27 bits per heavy atom. The normalized spacial score (nSPS) is 21.9. The van der Waals surface area contributed by atoms with Crippen LogP contribution in [0.2, 0.25) is 0 Å². The van der Waals surface area contributed by atoms with E-state index >= 15 is 0 Å². The van der Waals surface area contributed by atoms with Gasteiger partial charge < -0.3 is 19.6 Å². The Balaban J connectivity index is 1.22. The van der Waals surface area contributed by atoms with Gasteiger partial charge in [-0.1, -0.05) is 6.07 Å². The Bertz CT molecular complexity index is 983. The monoisotopic (exact) mass is 427 g/mol. The summed E-state index contributed by atoms with van der Waals surface area (Å²) in [5.74, 6) is -0.0905. The Kier molecular flexibility index (Phi) is 4.88. The van der Waals surface area contributed by atoms with Gasteiger partial charge in [0, 0.05) is 31.3 Å². The number of anilines is 1. The summed E-state index contributed by atoms with van der Waals surface area (Å²) in [5.41, 5.74) is 3.34.